The van der Waals surface area contributed by atoms with Crippen molar-refractivity contribution >= 4 is 39.2 Å². The van der Waals surface area contributed by atoms with Crippen molar-refractivity contribution in [3.8, 4) is 0 Å². The summed E-state index contributed by atoms with van der Waals surface area (Å²) in [5, 5.41) is 0. The highest BCUT2D eigenvalue weighted by Crippen LogP contribution is 2.42. The molecule has 1 aliphatic heterocycles. The Morgan fingerprint density at radius 3 is 1.91 bits per heavy atom. The van der Waals surface area contributed by atoms with Crippen LogP contribution in [0.25, 0.3) is 0 Å². The molecule has 1 aliphatic rings. The van der Waals surface area contributed by atoms with Gasteiger partial charge in [0.15, 0.2) is 0 Å². The minimum Gasteiger partial charge on any atom is -0.463 e. The van der Waals surface area contributed by atoms with Gasteiger partial charge in [-0.3, -0.25) is 0 Å². The average Bonchev–Trinajstić information content (AvgIpc) is 2.89. The molecule has 0 spiro atoms. The van der Waals surface area contributed by atoms with Crippen LogP contribution in [-0.2, 0) is 19.1 Å². The highest BCUT2D eigenvalue weighted by Gasteiger charge is 2.42. The normalized spacial score (nSPS) is 15.7. The van der Waals surface area contributed by atoms with Crippen molar-refractivity contribution in [2.24, 2.45) is 0 Å². The minimum atomic E-state index is -0.561. The maximum absolute atomic E-state index is 13.4. The van der Waals surface area contributed by atoms with E-state index >= 15 is 0 Å². The standard InChI is InChI=1S/C28H27BrN2O4/c1-3-34-27(32)24-19-30(22-11-7-5-8-12-22)26(20-15-17-21(29)18-16-20)31(23-13-9-6-10-14-23)25(24)28(33)35-4-2/h5-18,26H,3-4,19H2,1-2H3/t26-/m0/s1. The number of hydrogen-bond acceptors (Lipinski definition) is 6. The monoisotopic (exact) mass is 534 g/mol. The molecule has 7 heteroatoms. The fourth-order valence-electron chi connectivity index (χ4n) is 4.21. The van der Waals surface area contributed by atoms with E-state index in [4.69, 9.17) is 9.47 Å². The first kappa shape index (κ1) is 24.5. The Labute approximate surface area is 213 Å². The lowest BCUT2D eigenvalue weighted by Gasteiger charge is -2.47. The summed E-state index contributed by atoms with van der Waals surface area (Å²) < 4.78 is 11.8. The predicted octanol–water partition coefficient (Wildman–Crippen LogP) is 5.85. The second kappa shape index (κ2) is 11.2. The van der Waals surface area contributed by atoms with Crippen LogP contribution in [0.15, 0.2) is 101 Å². The molecule has 0 amide bonds. The van der Waals surface area contributed by atoms with Gasteiger partial charge in [-0.25, -0.2) is 9.59 Å². The van der Waals surface area contributed by atoms with Crippen LogP contribution in [0.4, 0.5) is 11.4 Å². The van der Waals surface area contributed by atoms with Crippen LogP contribution in [0.2, 0.25) is 0 Å². The number of hydrogen-bond donors (Lipinski definition) is 0. The molecule has 0 radical (unpaired) electrons. The third kappa shape index (κ3) is 5.25. The molecule has 3 aromatic carbocycles. The summed E-state index contributed by atoms with van der Waals surface area (Å²) in [7, 11) is 0. The number of para-hydroxylation sites is 2. The smallest absolute Gasteiger partial charge is 0.355 e. The topological polar surface area (TPSA) is 59.1 Å². The Morgan fingerprint density at radius 2 is 1.34 bits per heavy atom. The lowest BCUT2D eigenvalue weighted by atomic mass is 9.99. The number of esters is 2. The number of ether oxygens (including phenoxy) is 2. The van der Waals surface area contributed by atoms with E-state index in [0.717, 1.165) is 21.4 Å². The molecule has 180 valence electrons. The summed E-state index contributed by atoms with van der Waals surface area (Å²) in [5.41, 5.74) is 3.06. The van der Waals surface area contributed by atoms with Crippen molar-refractivity contribution in [3.63, 3.8) is 0 Å². The van der Waals surface area contributed by atoms with Crippen molar-refractivity contribution in [3.05, 3.63) is 106 Å². The third-order valence-corrected chi connectivity index (χ3v) is 6.20. The zero-order valence-corrected chi connectivity index (χ0v) is 21.3. The highest BCUT2D eigenvalue weighted by atomic mass is 79.9. The van der Waals surface area contributed by atoms with Gasteiger partial charge in [0.2, 0.25) is 0 Å². The largest absolute Gasteiger partial charge is 0.463 e. The summed E-state index contributed by atoms with van der Waals surface area (Å²) >= 11 is 3.52. The maximum Gasteiger partial charge on any atom is 0.355 e. The van der Waals surface area contributed by atoms with E-state index in [9.17, 15) is 9.59 Å². The fourth-order valence-corrected chi connectivity index (χ4v) is 4.48. The number of halogens is 1. The molecule has 0 bridgehead atoms. The Bertz CT molecular complexity index is 1200. The number of carbonyl (C=O) groups excluding carboxylic acids is 2. The molecule has 1 atom stereocenters. The van der Waals surface area contributed by atoms with E-state index in [1.807, 2.05) is 89.8 Å². The van der Waals surface area contributed by atoms with E-state index in [1.54, 1.807) is 13.8 Å². The summed E-state index contributed by atoms with van der Waals surface area (Å²) in [6.07, 6.45) is -0.425. The molecular weight excluding hydrogens is 508 g/mol. The zero-order chi connectivity index (χ0) is 24.8. The number of nitrogens with zero attached hydrogens (tertiary/aromatic N) is 2. The molecular formula is C28H27BrN2O4. The highest BCUT2D eigenvalue weighted by molar-refractivity contribution is 9.10. The van der Waals surface area contributed by atoms with Crippen LogP contribution in [0.1, 0.15) is 25.6 Å². The minimum absolute atomic E-state index is 0.182. The van der Waals surface area contributed by atoms with Crippen molar-refractivity contribution in [2.75, 3.05) is 29.6 Å². The van der Waals surface area contributed by atoms with E-state index in [1.165, 1.54) is 0 Å². The van der Waals surface area contributed by atoms with Crippen LogP contribution >= 0.6 is 15.9 Å². The molecule has 0 saturated carbocycles. The van der Waals surface area contributed by atoms with Gasteiger partial charge < -0.3 is 19.3 Å². The van der Waals surface area contributed by atoms with Crippen molar-refractivity contribution in [1.29, 1.82) is 0 Å². The molecule has 4 rings (SSSR count). The van der Waals surface area contributed by atoms with Gasteiger partial charge >= 0.3 is 11.9 Å². The Morgan fingerprint density at radius 1 is 0.800 bits per heavy atom. The van der Waals surface area contributed by atoms with Crippen LogP contribution < -0.4 is 9.80 Å². The predicted molar refractivity (Wildman–Crippen MR) is 140 cm³/mol. The first-order valence-electron chi connectivity index (χ1n) is 11.5. The van der Waals surface area contributed by atoms with Crippen molar-refractivity contribution < 1.29 is 19.1 Å². The number of rotatable bonds is 7. The molecule has 3 aromatic rings. The van der Waals surface area contributed by atoms with E-state index < -0.39 is 18.1 Å². The van der Waals surface area contributed by atoms with Crippen molar-refractivity contribution in [1.82, 2.24) is 0 Å². The van der Waals surface area contributed by atoms with Crippen LogP contribution in [0.5, 0.6) is 0 Å². The molecule has 0 N–H and O–H groups in total. The van der Waals surface area contributed by atoms with E-state index in [2.05, 4.69) is 20.8 Å². The molecule has 1 heterocycles. The summed E-state index contributed by atoms with van der Waals surface area (Å²) in [5.74, 6) is -1.10. The Kier molecular flexibility index (Phi) is 7.87. The van der Waals surface area contributed by atoms with Gasteiger partial charge in [-0.1, -0.05) is 64.5 Å². The van der Waals surface area contributed by atoms with Gasteiger partial charge in [0.1, 0.15) is 11.9 Å². The lowest BCUT2D eigenvalue weighted by molar-refractivity contribution is -0.142. The fraction of sp³-hybridized carbons (Fsp3) is 0.214. The van der Waals surface area contributed by atoms with Crippen molar-refractivity contribution in [2.45, 2.75) is 20.0 Å². The van der Waals surface area contributed by atoms with Gasteiger partial charge in [0, 0.05) is 15.8 Å². The zero-order valence-electron chi connectivity index (χ0n) is 19.7. The molecule has 0 fully saturated rings. The Balaban J connectivity index is 2.02. The summed E-state index contributed by atoms with van der Waals surface area (Å²) in [4.78, 5) is 30.6. The first-order valence-corrected chi connectivity index (χ1v) is 12.3. The quantitative estimate of drug-likeness (QED) is 0.354. The van der Waals surface area contributed by atoms with Gasteiger partial charge in [-0.2, -0.15) is 0 Å². The maximum atomic E-state index is 13.4. The van der Waals surface area contributed by atoms with E-state index in [-0.39, 0.29) is 31.0 Å². The van der Waals surface area contributed by atoms with Gasteiger partial charge in [0.05, 0.1) is 25.3 Å². The Hall–Kier alpha value is -3.58. The average molecular weight is 535 g/mol. The summed E-state index contributed by atoms with van der Waals surface area (Å²) in [6.45, 7) is 4.07. The summed E-state index contributed by atoms with van der Waals surface area (Å²) in [6, 6.07) is 27.4. The van der Waals surface area contributed by atoms with Crippen LogP contribution in [0, 0.1) is 0 Å². The second-order valence-electron chi connectivity index (χ2n) is 7.86. The molecule has 0 saturated heterocycles. The molecule has 35 heavy (non-hydrogen) atoms. The van der Waals surface area contributed by atoms with Gasteiger partial charge in [-0.15, -0.1) is 0 Å². The molecule has 0 aromatic heterocycles. The number of carbonyl (C=O) groups is 2. The first-order chi connectivity index (χ1) is 17.0. The lowest BCUT2D eigenvalue weighted by Crippen LogP contribution is -2.50. The second-order valence-corrected chi connectivity index (χ2v) is 8.78. The molecule has 0 unspecified atom stereocenters. The molecule has 0 aliphatic carbocycles. The third-order valence-electron chi connectivity index (χ3n) is 5.68. The van der Waals surface area contributed by atoms with Gasteiger partial charge in [0.25, 0.3) is 0 Å². The van der Waals surface area contributed by atoms with Crippen LogP contribution in [0.3, 0.4) is 0 Å². The SMILES string of the molecule is CCOC(=O)C1=C(C(=O)OCC)N(c2ccccc2)[C@@H](c2ccc(Br)cc2)N(c2ccccc2)C1. The van der Waals surface area contributed by atoms with E-state index in [0.29, 0.717) is 0 Å². The van der Waals surface area contributed by atoms with Crippen LogP contribution in [-0.4, -0.2) is 31.7 Å². The number of benzene rings is 3. The number of anilines is 2. The van der Waals surface area contributed by atoms with Gasteiger partial charge in [-0.05, 0) is 55.8 Å². The molecule has 6 nitrogen and oxygen atoms in total.